The summed E-state index contributed by atoms with van der Waals surface area (Å²) in [4.78, 5) is 4.46. The smallest absolute Gasteiger partial charge is 0.119 e. The Morgan fingerprint density at radius 3 is 2.38 bits per heavy atom. The third-order valence-electron chi connectivity index (χ3n) is 3.35. The van der Waals surface area contributed by atoms with E-state index >= 15 is 0 Å². The highest BCUT2D eigenvalue weighted by molar-refractivity contribution is 5.37. The monoisotopic (exact) mass is 284 g/mol. The van der Waals surface area contributed by atoms with Gasteiger partial charge in [0.1, 0.15) is 5.75 Å². The molecule has 0 spiro atoms. The SMILES string of the molecule is CCNC(c1cccc(OCC)c1)c1cc(C)nc(C)c1. The molecule has 112 valence electrons. The molecule has 0 radical (unpaired) electrons. The van der Waals surface area contributed by atoms with Crippen molar-refractivity contribution < 1.29 is 4.74 Å². The molecule has 0 saturated carbocycles. The highest BCUT2D eigenvalue weighted by Gasteiger charge is 2.14. The van der Waals surface area contributed by atoms with Crippen LogP contribution >= 0.6 is 0 Å². The zero-order chi connectivity index (χ0) is 15.2. The van der Waals surface area contributed by atoms with Gasteiger partial charge in [0.05, 0.1) is 12.6 Å². The summed E-state index contributed by atoms with van der Waals surface area (Å²) in [6.07, 6.45) is 0. The molecule has 0 amide bonds. The summed E-state index contributed by atoms with van der Waals surface area (Å²) in [5.74, 6) is 0.917. The van der Waals surface area contributed by atoms with E-state index in [9.17, 15) is 0 Å². The van der Waals surface area contributed by atoms with E-state index in [1.165, 1.54) is 11.1 Å². The van der Waals surface area contributed by atoms with Crippen molar-refractivity contribution in [1.82, 2.24) is 10.3 Å². The number of hydrogen-bond donors (Lipinski definition) is 1. The van der Waals surface area contributed by atoms with Crippen LogP contribution in [0.25, 0.3) is 0 Å². The predicted octanol–water partition coefficient (Wildman–Crippen LogP) is 3.80. The number of rotatable bonds is 6. The van der Waals surface area contributed by atoms with Crippen LogP contribution in [0.5, 0.6) is 5.75 Å². The fourth-order valence-electron chi connectivity index (χ4n) is 2.62. The summed E-state index contributed by atoms with van der Waals surface area (Å²) >= 11 is 0. The van der Waals surface area contributed by atoms with Gasteiger partial charge in [-0.05, 0) is 62.7 Å². The molecule has 0 saturated heterocycles. The fourth-order valence-corrected chi connectivity index (χ4v) is 2.62. The minimum atomic E-state index is 0.163. The van der Waals surface area contributed by atoms with Crippen LogP contribution < -0.4 is 10.1 Å². The van der Waals surface area contributed by atoms with Crippen LogP contribution in [0.3, 0.4) is 0 Å². The number of aromatic nitrogens is 1. The lowest BCUT2D eigenvalue weighted by Gasteiger charge is -2.20. The molecule has 3 heteroatoms. The largest absolute Gasteiger partial charge is 0.494 e. The zero-order valence-corrected chi connectivity index (χ0v) is 13.3. The number of hydrogen-bond acceptors (Lipinski definition) is 3. The van der Waals surface area contributed by atoms with Crippen LogP contribution in [0.15, 0.2) is 36.4 Å². The van der Waals surface area contributed by atoms with Gasteiger partial charge in [-0.15, -0.1) is 0 Å². The number of nitrogens with zero attached hydrogens (tertiary/aromatic N) is 1. The Hall–Kier alpha value is -1.87. The molecule has 21 heavy (non-hydrogen) atoms. The Morgan fingerprint density at radius 2 is 1.76 bits per heavy atom. The summed E-state index contributed by atoms with van der Waals surface area (Å²) in [6.45, 7) is 9.79. The standard InChI is InChI=1S/C18H24N2O/c1-5-19-18(16-10-13(3)20-14(4)11-16)15-8-7-9-17(12-15)21-6-2/h7-12,18-19H,5-6H2,1-4H3. The van der Waals surface area contributed by atoms with Crippen molar-refractivity contribution in [3.63, 3.8) is 0 Å². The second kappa shape index (κ2) is 7.23. The molecule has 2 rings (SSSR count). The second-order valence-electron chi connectivity index (χ2n) is 5.18. The first-order valence-corrected chi connectivity index (χ1v) is 7.55. The molecule has 0 fully saturated rings. The molecule has 1 aromatic carbocycles. The molecule has 0 aliphatic rings. The average Bonchev–Trinajstić information content (AvgIpc) is 2.44. The van der Waals surface area contributed by atoms with Gasteiger partial charge in [0, 0.05) is 11.4 Å². The second-order valence-corrected chi connectivity index (χ2v) is 5.18. The van der Waals surface area contributed by atoms with Gasteiger partial charge >= 0.3 is 0 Å². The van der Waals surface area contributed by atoms with Gasteiger partial charge in [0.2, 0.25) is 0 Å². The van der Waals surface area contributed by atoms with Crippen molar-refractivity contribution in [1.29, 1.82) is 0 Å². The van der Waals surface area contributed by atoms with Gasteiger partial charge in [-0.3, -0.25) is 4.98 Å². The third-order valence-corrected chi connectivity index (χ3v) is 3.35. The molecule has 0 bridgehead atoms. The van der Waals surface area contributed by atoms with E-state index in [0.717, 1.165) is 23.7 Å². The lowest BCUT2D eigenvalue weighted by atomic mass is 9.98. The van der Waals surface area contributed by atoms with E-state index in [4.69, 9.17) is 4.74 Å². The molecule has 2 aromatic rings. The molecule has 1 heterocycles. The van der Waals surface area contributed by atoms with E-state index < -0.39 is 0 Å². The molecule has 1 unspecified atom stereocenters. The highest BCUT2D eigenvalue weighted by atomic mass is 16.5. The van der Waals surface area contributed by atoms with Gasteiger partial charge in [-0.25, -0.2) is 0 Å². The first-order chi connectivity index (χ1) is 10.1. The van der Waals surface area contributed by atoms with Crippen LogP contribution in [0, 0.1) is 13.8 Å². The normalized spacial score (nSPS) is 12.2. The Kier molecular flexibility index (Phi) is 5.34. The Morgan fingerprint density at radius 1 is 1.05 bits per heavy atom. The summed E-state index contributed by atoms with van der Waals surface area (Å²) < 4.78 is 5.62. The quantitative estimate of drug-likeness (QED) is 0.876. The van der Waals surface area contributed by atoms with Gasteiger partial charge in [0.25, 0.3) is 0 Å². The van der Waals surface area contributed by atoms with Gasteiger partial charge in [-0.1, -0.05) is 19.1 Å². The van der Waals surface area contributed by atoms with Crippen molar-refractivity contribution in [2.24, 2.45) is 0 Å². The summed E-state index contributed by atoms with van der Waals surface area (Å²) in [7, 11) is 0. The number of benzene rings is 1. The molecule has 1 aromatic heterocycles. The number of nitrogens with one attached hydrogen (secondary N) is 1. The van der Waals surface area contributed by atoms with Gasteiger partial charge in [-0.2, -0.15) is 0 Å². The fraction of sp³-hybridized carbons (Fsp3) is 0.389. The lowest BCUT2D eigenvalue weighted by Crippen LogP contribution is -2.22. The van der Waals surface area contributed by atoms with E-state index in [1.54, 1.807) is 0 Å². The van der Waals surface area contributed by atoms with Gasteiger partial charge in [0.15, 0.2) is 0 Å². The Balaban J connectivity index is 2.40. The maximum absolute atomic E-state index is 5.62. The highest BCUT2D eigenvalue weighted by Crippen LogP contribution is 2.26. The molecule has 3 nitrogen and oxygen atoms in total. The van der Waals surface area contributed by atoms with E-state index in [2.05, 4.69) is 41.5 Å². The number of pyridine rings is 1. The van der Waals surface area contributed by atoms with Gasteiger partial charge < -0.3 is 10.1 Å². The first-order valence-electron chi connectivity index (χ1n) is 7.55. The van der Waals surface area contributed by atoms with Crippen molar-refractivity contribution in [3.05, 3.63) is 58.9 Å². The van der Waals surface area contributed by atoms with Crippen molar-refractivity contribution in [3.8, 4) is 5.75 Å². The van der Waals surface area contributed by atoms with E-state index in [-0.39, 0.29) is 6.04 Å². The van der Waals surface area contributed by atoms with Crippen LogP contribution in [0.4, 0.5) is 0 Å². The van der Waals surface area contributed by atoms with E-state index in [1.807, 2.05) is 32.9 Å². The van der Waals surface area contributed by atoms with Crippen molar-refractivity contribution >= 4 is 0 Å². The first kappa shape index (κ1) is 15.5. The average molecular weight is 284 g/mol. The van der Waals surface area contributed by atoms with Crippen LogP contribution in [0.1, 0.15) is 42.4 Å². The third kappa shape index (κ3) is 4.05. The molecule has 1 N–H and O–H groups in total. The zero-order valence-electron chi connectivity index (χ0n) is 13.3. The number of ether oxygens (including phenoxy) is 1. The minimum absolute atomic E-state index is 0.163. The summed E-state index contributed by atoms with van der Waals surface area (Å²) in [6, 6.07) is 12.8. The summed E-state index contributed by atoms with van der Waals surface area (Å²) in [5, 5.41) is 3.56. The van der Waals surface area contributed by atoms with Crippen LogP contribution in [0.2, 0.25) is 0 Å². The Bertz CT molecular complexity index is 575. The van der Waals surface area contributed by atoms with E-state index in [0.29, 0.717) is 6.61 Å². The molecular weight excluding hydrogens is 260 g/mol. The van der Waals surface area contributed by atoms with Crippen LogP contribution in [-0.4, -0.2) is 18.1 Å². The molecule has 0 aliphatic heterocycles. The molecular formula is C18H24N2O. The maximum atomic E-state index is 5.62. The van der Waals surface area contributed by atoms with Crippen LogP contribution in [-0.2, 0) is 0 Å². The minimum Gasteiger partial charge on any atom is -0.494 e. The maximum Gasteiger partial charge on any atom is 0.119 e. The molecule has 1 atom stereocenters. The predicted molar refractivity (Wildman–Crippen MR) is 86.8 cm³/mol. The Labute approximate surface area is 127 Å². The number of aryl methyl sites for hydroxylation is 2. The topological polar surface area (TPSA) is 34.1 Å². The lowest BCUT2D eigenvalue weighted by molar-refractivity contribution is 0.339. The van der Waals surface area contributed by atoms with Crippen molar-refractivity contribution in [2.45, 2.75) is 33.7 Å². The van der Waals surface area contributed by atoms with Crippen molar-refractivity contribution in [2.75, 3.05) is 13.2 Å². The summed E-state index contributed by atoms with van der Waals surface area (Å²) in [5.41, 5.74) is 4.56. The molecule has 0 aliphatic carbocycles.